The Labute approximate surface area is 159 Å². The van der Waals surface area contributed by atoms with Gasteiger partial charge in [0.05, 0.1) is 14.2 Å². The van der Waals surface area contributed by atoms with Crippen LogP contribution in [0.2, 0.25) is 0 Å². The lowest BCUT2D eigenvalue weighted by Gasteiger charge is -2.12. The molecule has 5 nitrogen and oxygen atoms in total. The van der Waals surface area contributed by atoms with Gasteiger partial charge < -0.3 is 14.8 Å². The number of amides is 1. The number of aryl methyl sites for hydroxylation is 1. The standard InChI is InChI=1S/C20H22N2O3S/c1-13-6-5-7-16(14(13)2)21-20(26)22-19(23)11-9-15-8-10-17(24-3)18(12-15)25-4/h5-12H,1-4H3,(H2,21,22,23,26)/b11-9+. The molecular formula is C20H22N2O3S. The third-order valence-corrected chi connectivity index (χ3v) is 4.13. The molecule has 136 valence electrons. The minimum absolute atomic E-state index is 0.251. The van der Waals surface area contributed by atoms with Crippen LogP contribution >= 0.6 is 12.2 Å². The first-order valence-electron chi connectivity index (χ1n) is 8.03. The molecule has 0 aliphatic heterocycles. The van der Waals surface area contributed by atoms with Gasteiger partial charge in [0.1, 0.15) is 0 Å². The number of rotatable bonds is 5. The van der Waals surface area contributed by atoms with Gasteiger partial charge >= 0.3 is 0 Å². The number of carbonyl (C=O) groups is 1. The summed E-state index contributed by atoms with van der Waals surface area (Å²) < 4.78 is 10.4. The van der Waals surface area contributed by atoms with Gasteiger partial charge in [0.2, 0.25) is 5.91 Å². The SMILES string of the molecule is COc1ccc(/C=C/C(=O)NC(=S)Nc2cccc(C)c2C)cc1OC. The normalized spacial score (nSPS) is 10.5. The van der Waals surface area contributed by atoms with Gasteiger partial charge in [0, 0.05) is 11.8 Å². The summed E-state index contributed by atoms with van der Waals surface area (Å²) in [5.41, 5.74) is 3.92. The van der Waals surface area contributed by atoms with Crippen LogP contribution in [0, 0.1) is 13.8 Å². The number of ether oxygens (including phenoxy) is 2. The molecule has 0 radical (unpaired) electrons. The summed E-state index contributed by atoms with van der Waals surface area (Å²) in [6.45, 7) is 4.02. The summed E-state index contributed by atoms with van der Waals surface area (Å²) in [6.07, 6.45) is 3.09. The molecule has 26 heavy (non-hydrogen) atoms. The molecule has 0 bridgehead atoms. The van der Waals surface area contributed by atoms with Crippen LogP contribution in [0.1, 0.15) is 16.7 Å². The molecule has 0 aliphatic rings. The Morgan fingerprint density at radius 1 is 1.08 bits per heavy atom. The third kappa shape index (κ3) is 5.07. The van der Waals surface area contributed by atoms with E-state index in [-0.39, 0.29) is 11.0 Å². The van der Waals surface area contributed by atoms with E-state index in [4.69, 9.17) is 21.7 Å². The highest BCUT2D eigenvalue weighted by molar-refractivity contribution is 7.80. The molecule has 2 aromatic carbocycles. The summed E-state index contributed by atoms with van der Waals surface area (Å²) in [4.78, 5) is 12.1. The maximum atomic E-state index is 12.1. The molecule has 2 aromatic rings. The summed E-state index contributed by atoms with van der Waals surface area (Å²) in [7, 11) is 3.14. The highest BCUT2D eigenvalue weighted by atomic mass is 32.1. The zero-order valence-corrected chi connectivity index (χ0v) is 16.1. The molecule has 0 aliphatic carbocycles. The minimum atomic E-state index is -0.317. The molecule has 0 saturated carbocycles. The first-order valence-corrected chi connectivity index (χ1v) is 8.43. The average molecular weight is 370 g/mol. The van der Waals surface area contributed by atoms with Crippen molar-refractivity contribution < 1.29 is 14.3 Å². The number of hydrogen-bond acceptors (Lipinski definition) is 4. The van der Waals surface area contributed by atoms with Gasteiger partial charge in [-0.05, 0) is 67.0 Å². The number of anilines is 1. The van der Waals surface area contributed by atoms with Crippen LogP contribution in [-0.4, -0.2) is 25.2 Å². The summed E-state index contributed by atoms with van der Waals surface area (Å²) in [6, 6.07) is 11.3. The predicted molar refractivity (Wildman–Crippen MR) is 109 cm³/mol. The quantitative estimate of drug-likeness (QED) is 0.618. The Morgan fingerprint density at radius 2 is 1.81 bits per heavy atom. The third-order valence-electron chi connectivity index (χ3n) is 3.92. The first-order chi connectivity index (χ1) is 12.4. The highest BCUT2D eigenvalue weighted by Crippen LogP contribution is 2.27. The zero-order valence-electron chi connectivity index (χ0n) is 15.3. The van der Waals surface area contributed by atoms with Crippen LogP contribution in [-0.2, 0) is 4.79 Å². The smallest absolute Gasteiger partial charge is 0.250 e. The molecule has 0 saturated heterocycles. The molecule has 6 heteroatoms. The molecule has 0 spiro atoms. The van der Waals surface area contributed by atoms with Crippen LogP contribution in [0.5, 0.6) is 11.5 Å². The summed E-state index contributed by atoms with van der Waals surface area (Å²) in [5, 5.41) is 5.93. The van der Waals surface area contributed by atoms with Crippen LogP contribution in [0.3, 0.4) is 0 Å². The molecule has 2 rings (SSSR count). The van der Waals surface area contributed by atoms with E-state index in [9.17, 15) is 4.79 Å². The first kappa shape index (κ1) is 19.5. The van der Waals surface area contributed by atoms with E-state index >= 15 is 0 Å². The summed E-state index contributed by atoms with van der Waals surface area (Å²) >= 11 is 5.20. The molecule has 0 aromatic heterocycles. The van der Waals surface area contributed by atoms with E-state index < -0.39 is 0 Å². The second kappa shape index (κ2) is 9.01. The van der Waals surface area contributed by atoms with Crippen LogP contribution in [0.4, 0.5) is 5.69 Å². The second-order valence-electron chi connectivity index (χ2n) is 5.64. The predicted octanol–water partition coefficient (Wildman–Crippen LogP) is 3.85. The Bertz CT molecular complexity index is 847. The number of nitrogens with one attached hydrogen (secondary N) is 2. The van der Waals surface area contributed by atoms with Gasteiger partial charge in [-0.15, -0.1) is 0 Å². The van der Waals surface area contributed by atoms with Crippen LogP contribution in [0.15, 0.2) is 42.5 Å². The molecule has 2 N–H and O–H groups in total. The van der Waals surface area contributed by atoms with Crippen molar-refractivity contribution in [2.45, 2.75) is 13.8 Å². The van der Waals surface area contributed by atoms with Crippen molar-refractivity contribution in [3.63, 3.8) is 0 Å². The maximum Gasteiger partial charge on any atom is 0.250 e. The van der Waals surface area contributed by atoms with Gasteiger partial charge in [-0.25, -0.2) is 0 Å². The monoisotopic (exact) mass is 370 g/mol. The largest absolute Gasteiger partial charge is 0.493 e. The van der Waals surface area contributed by atoms with E-state index in [0.717, 1.165) is 22.4 Å². The zero-order chi connectivity index (χ0) is 19.1. The van der Waals surface area contributed by atoms with Gasteiger partial charge in [-0.3, -0.25) is 10.1 Å². The Hall–Kier alpha value is -2.86. The fourth-order valence-corrected chi connectivity index (χ4v) is 2.53. The topological polar surface area (TPSA) is 59.6 Å². The molecule has 0 heterocycles. The lowest BCUT2D eigenvalue weighted by Crippen LogP contribution is -2.33. The van der Waals surface area contributed by atoms with E-state index in [0.29, 0.717) is 11.5 Å². The van der Waals surface area contributed by atoms with Gasteiger partial charge in [0.25, 0.3) is 0 Å². The van der Waals surface area contributed by atoms with Crippen molar-refractivity contribution in [3.8, 4) is 11.5 Å². The fourth-order valence-electron chi connectivity index (χ4n) is 2.32. The fraction of sp³-hybridized carbons (Fsp3) is 0.200. The van der Waals surface area contributed by atoms with Crippen molar-refractivity contribution in [1.82, 2.24) is 5.32 Å². The van der Waals surface area contributed by atoms with Crippen LogP contribution < -0.4 is 20.1 Å². The Kier molecular flexibility index (Phi) is 6.74. The van der Waals surface area contributed by atoms with E-state index in [1.165, 1.54) is 6.08 Å². The second-order valence-corrected chi connectivity index (χ2v) is 6.05. The van der Waals surface area contributed by atoms with Crippen molar-refractivity contribution in [1.29, 1.82) is 0 Å². The van der Waals surface area contributed by atoms with E-state index in [2.05, 4.69) is 10.6 Å². The van der Waals surface area contributed by atoms with Crippen molar-refractivity contribution >= 4 is 35.0 Å². The van der Waals surface area contributed by atoms with Gasteiger partial charge in [-0.1, -0.05) is 18.2 Å². The maximum absolute atomic E-state index is 12.1. The van der Waals surface area contributed by atoms with E-state index in [1.807, 2.05) is 38.1 Å². The lowest BCUT2D eigenvalue weighted by atomic mass is 10.1. The van der Waals surface area contributed by atoms with Crippen LogP contribution in [0.25, 0.3) is 6.08 Å². The molecule has 1 amide bonds. The number of carbonyl (C=O) groups excluding carboxylic acids is 1. The highest BCUT2D eigenvalue weighted by Gasteiger charge is 2.06. The van der Waals surface area contributed by atoms with Gasteiger partial charge in [0.15, 0.2) is 16.6 Å². The number of thiocarbonyl (C=S) groups is 1. The van der Waals surface area contributed by atoms with Gasteiger partial charge in [-0.2, -0.15) is 0 Å². The van der Waals surface area contributed by atoms with Crippen molar-refractivity contribution in [3.05, 3.63) is 59.2 Å². The molecule has 0 fully saturated rings. The Balaban J connectivity index is 1.98. The Morgan fingerprint density at radius 3 is 2.50 bits per heavy atom. The number of methoxy groups -OCH3 is 2. The van der Waals surface area contributed by atoms with Crippen molar-refractivity contribution in [2.24, 2.45) is 0 Å². The molecule has 0 atom stereocenters. The minimum Gasteiger partial charge on any atom is -0.493 e. The number of benzene rings is 2. The molecule has 0 unspecified atom stereocenters. The van der Waals surface area contributed by atoms with E-state index in [1.54, 1.807) is 32.4 Å². The number of hydrogen-bond donors (Lipinski definition) is 2. The van der Waals surface area contributed by atoms with Crippen molar-refractivity contribution in [2.75, 3.05) is 19.5 Å². The lowest BCUT2D eigenvalue weighted by molar-refractivity contribution is -0.115. The summed E-state index contributed by atoms with van der Waals surface area (Å²) in [5.74, 6) is 0.915. The molecular weight excluding hydrogens is 348 g/mol. The average Bonchev–Trinajstić information content (AvgIpc) is 2.63.